The number of benzene rings is 2. The lowest BCUT2D eigenvalue weighted by Gasteiger charge is -2.32. The van der Waals surface area contributed by atoms with E-state index in [-0.39, 0.29) is 22.4 Å². The molecule has 2 aromatic carbocycles. The summed E-state index contributed by atoms with van der Waals surface area (Å²) >= 11 is 1.36. The lowest BCUT2D eigenvalue weighted by Crippen LogP contribution is -2.41. The molecule has 0 bridgehead atoms. The first-order chi connectivity index (χ1) is 15.8. The quantitative estimate of drug-likeness (QED) is 0.526. The molecule has 7 nitrogen and oxygen atoms in total. The van der Waals surface area contributed by atoms with E-state index in [0.717, 1.165) is 19.3 Å². The lowest BCUT2D eigenvalue weighted by molar-refractivity contribution is 0.102. The van der Waals surface area contributed by atoms with Gasteiger partial charge in [0.15, 0.2) is 0 Å². The molecule has 4 rings (SSSR count). The van der Waals surface area contributed by atoms with Crippen LogP contribution in [-0.4, -0.2) is 37.1 Å². The van der Waals surface area contributed by atoms with E-state index in [0.29, 0.717) is 22.8 Å². The third kappa shape index (κ3) is 5.32. The normalized spacial score (nSPS) is 16.8. The van der Waals surface area contributed by atoms with Gasteiger partial charge in [0, 0.05) is 29.5 Å². The maximum absolute atomic E-state index is 13.1. The number of hydrogen-bond acceptors (Lipinski definition) is 5. The molecule has 0 radical (unpaired) electrons. The van der Waals surface area contributed by atoms with Gasteiger partial charge in [0.1, 0.15) is 0 Å². The fraction of sp³-hybridized carbons (Fsp3) is 0.250. The number of nitrogens with one attached hydrogen (secondary N) is 2. The minimum absolute atomic E-state index is 0.0555. The molecule has 2 heterocycles. The molecule has 1 unspecified atom stereocenters. The van der Waals surface area contributed by atoms with E-state index in [1.165, 1.54) is 27.8 Å². The Morgan fingerprint density at radius 1 is 0.939 bits per heavy atom. The summed E-state index contributed by atoms with van der Waals surface area (Å²) in [6.45, 7) is 2.41. The Hall–Kier alpha value is -3.01. The summed E-state index contributed by atoms with van der Waals surface area (Å²) in [5, 5.41) is 7.41. The highest BCUT2D eigenvalue weighted by atomic mass is 32.2. The SMILES string of the molecule is CC1CCCCN1S(=O)(=O)c1cccc(C(=O)Nc2ccc(NC(=O)c3cccs3)cc2)c1. The van der Waals surface area contributed by atoms with Crippen LogP contribution in [0.25, 0.3) is 0 Å². The van der Waals surface area contributed by atoms with Gasteiger partial charge >= 0.3 is 0 Å². The van der Waals surface area contributed by atoms with Crippen molar-refractivity contribution in [2.75, 3.05) is 17.2 Å². The number of anilines is 2. The summed E-state index contributed by atoms with van der Waals surface area (Å²) in [7, 11) is -3.66. The lowest BCUT2D eigenvalue weighted by atomic mass is 10.1. The molecule has 2 amide bonds. The van der Waals surface area contributed by atoms with E-state index in [4.69, 9.17) is 0 Å². The number of sulfonamides is 1. The maximum Gasteiger partial charge on any atom is 0.265 e. The molecule has 3 aromatic rings. The Morgan fingerprint density at radius 3 is 2.27 bits per heavy atom. The predicted molar refractivity (Wildman–Crippen MR) is 130 cm³/mol. The minimum atomic E-state index is -3.66. The van der Waals surface area contributed by atoms with Gasteiger partial charge in [-0.25, -0.2) is 8.42 Å². The van der Waals surface area contributed by atoms with Crippen LogP contribution in [0.2, 0.25) is 0 Å². The molecular formula is C24H25N3O4S2. The Balaban J connectivity index is 1.44. The highest BCUT2D eigenvalue weighted by molar-refractivity contribution is 7.89. The largest absolute Gasteiger partial charge is 0.322 e. The zero-order valence-electron chi connectivity index (χ0n) is 18.2. The molecule has 9 heteroatoms. The predicted octanol–water partition coefficient (Wildman–Crippen LogP) is 4.82. The maximum atomic E-state index is 13.1. The molecule has 1 saturated heterocycles. The monoisotopic (exact) mass is 483 g/mol. The minimum Gasteiger partial charge on any atom is -0.322 e. The molecule has 1 aromatic heterocycles. The van der Waals surface area contributed by atoms with Crippen LogP contribution in [0.4, 0.5) is 11.4 Å². The number of rotatable bonds is 6. The van der Waals surface area contributed by atoms with Crippen molar-refractivity contribution in [3.63, 3.8) is 0 Å². The van der Waals surface area contributed by atoms with Crippen LogP contribution in [-0.2, 0) is 10.0 Å². The third-order valence-corrected chi connectivity index (χ3v) is 8.47. The molecule has 0 spiro atoms. The van der Waals surface area contributed by atoms with Gasteiger partial charge < -0.3 is 10.6 Å². The number of amides is 2. The molecule has 1 atom stereocenters. The van der Waals surface area contributed by atoms with Crippen LogP contribution in [0.5, 0.6) is 0 Å². The van der Waals surface area contributed by atoms with E-state index in [2.05, 4.69) is 10.6 Å². The van der Waals surface area contributed by atoms with Crippen molar-refractivity contribution in [2.45, 2.75) is 37.1 Å². The summed E-state index contributed by atoms with van der Waals surface area (Å²) in [5.74, 6) is -0.600. The zero-order chi connectivity index (χ0) is 23.4. The fourth-order valence-electron chi connectivity index (χ4n) is 3.80. The summed E-state index contributed by atoms with van der Waals surface area (Å²) < 4.78 is 27.7. The van der Waals surface area contributed by atoms with E-state index in [9.17, 15) is 18.0 Å². The first-order valence-corrected chi connectivity index (χ1v) is 13.0. The highest BCUT2D eigenvalue weighted by Gasteiger charge is 2.31. The first-order valence-electron chi connectivity index (χ1n) is 10.7. The molecule has 1 aliphatic heterocycles. The van der Waals surface area contributed by atoms with Gasteiger partial charge in [0.2, 0.25) is 10.0 Å². The molecule has 2 N–H and O–H groups in total. The number of carbonyl (C=O) groups is 2. The molecule has 1 fully saturated rings. The van der Waals surface area contributed by atoms with E-state index in [1.807, 2.05) is 18.4 Å². The van der Waals surface area contributed by atoms with Gasteiger partial charge in [-0.15, -0.1) is 11.3 Å². The van der Waals surface area contributed by atoms with Gasteiger partial charge in [-0.2, -0.15) is 4.31 Å². The van der Waals surface area contributed by atoms with Crippen LogP contribution in [0, 0.1) is 0 Å². The summed E-state index contributed by atoms with van der Waals surface area (Å²) in [5.41, 5.74) is 1.40. The second-order valence-corrected chi connectivity index (χ2v) is 10.8. The average molecular weight is 484 g/mol. The van der Waals surface area contributed by atoms with Gasteiger partial charge in [-0.1, -0.05) is 18.6 Å². The van der Waals surface area contributed by atoms with Gasteiger partial charge in [0.05, 0.1) is 9.77 Å². The standard InChI is InChI=1S/C24H25N3O4S2/c1-17-6-2-3-14-27(17)33(30,31)21-8-4-7-18(16-21)23(28)25-19-10-12-20(13-11-19)26-24(29)22-9-5-15-32-22/h4-5,7-13,15-17H,2-3,6,14H2,1H3,(H,25,28)(H,26,29). The van der Waals surface area contributed by atoms with Crippen molar-refractivity contribution in [2.24, 2.45) is 0 Å². The topological polar surface area (TPSA) is 95.6 Å². The third-order valence-electron chi connectivity index (χ3n) is 5.59. The molecule has 33 heavy (non-hydrogen) atoms. The van der Waals surface area contributed by atoms with E-state index >= 15 is 0 Å². The van der Waals surface area contributed by atoms with Crippen LogP contribution < -0.4 is 10.6 Å². The molecular weight excluding hydrogens is 458 g/mol. The van der Waals surface area contributed by atoms with E-state index in [1.54, 1.807) is 42.5 Å². The fourth-order valence-corrected chi connectivity index (χ4v) is 6.17. The first kappa shape index (κ1) is 23.2. The molecule has 0 saturated carbocycles. The second-order valence-electron chi connectivity index (χ2n) is 7.95. The average Bonchev–Trinajstić information content (AvgIpc) is 3.36. The number of nitrogens with zero attached hydrogens (tertiary/aromatic N) is 1. The molecule has 0 aliphatic carbocycles. The van der Waals surface area contributed by atoms with Crippen LogP contribution in [0.1, 0.15) is 46.2 Å². The van der Waals surface area contributed by atoms with Crippen LogP contribution >= 0.6 is 11.3 Å². The van der Waals surface area contributed by atoms with Crippen molar-refractivity contribution >= 4 is 44.5 Å². The van der Waals surface area contributed by atoms with E-state index < -0.39 is 15.9 Å². The smallest absolute Gasteiger partial charge is 0.265 e. The van der Waals surface area contributed by atoms with Crippen molar-refractivity contribution < 1.29 is 18.0 Å². The summed E-state index contributed by atoms with van der Waals surface area (Å²) in [6.07, 6.45) is 2.70. The summed E-state index contributed by atoms with van der Waals surface area (Å²) in [4.78, 5) is 25.6. The number of thiophene rings is 1. The Bertz CT molecular complexity index is 1240. The van der Waals surface area contributed by atoms with Crippen molar-refractivity contribution in [1.82, 2.24) is 4.31 Å². The van der Waals surface area contributed by atoms with Gasteiger partial charge in [-0.3, -0.25) is 9.59 Å². The number of carbonyl (C=O) groups excluding carboxylic acids is 2. The highest BCUT2D eigenvalue weighted by Crippen LogP contribution is 2.26. The number of piperidine rings is 1. The van der Waals surface area contributed by atoms with Crippen LogP contribution in [0.3, 0.4) is 0 Å². The van der Waals surface area contributed by atoms with Crippen molar-refractivity contribution in [3.8, 4) is 0 Å². The molecule has 172 valence electrons. The summed E-state index contributed by atoms with van der Waals surface area (Å²) in [6, 6.07) is 16.4. The van der Waals surface area contributed by atoms with Gasteiger partial charge in [-0.05, 0) is 73.7 Å². The van der Waals surface area contributed by atoms with Crippen LogP contribution in [0.15, 0.2) is 70.9 Å². The number of hydrogen-bond donors (Lipinski definition) is 2. The zero-order valence-corrected chi connectivity index (χ0v) is 19.8. The Labute approximate surface area is 197 Å². The Morgan fingerprint density at radius 2 is 1.64 bits per heavy atom. The van der Waals surface area contributed by atoms with Gasteiger partial charge in [0.25, 0.3) is 11.8 Å². The van der Waals surface area contributed by atoms with Crippen molar-refractivity contribution in [1.29, 1.82) is 0 Å². The second kappa shape index (κ2) is 9.86. The molecule has 1 aliphatic rings. The Kier molecular flexibility index (Phi) is 6.92. The van der Waals surface area contributed by atoms with Crippen molar-refractivity contribution in [3.05, 3.63) is 76.5 Å².